The zero-order valence-corrected chi connectivity index (χ0v) is 10.8. The van der Waals surface area contributed by atoms with Gasteiger partial charge in [0.25, 0.3) is 0 Å². The summed E-state index contributed by atoms with van der Waals surface area (Å²) in [4.78, 5) is 0. The van der Waals surface area contributed by atoms with Crippen molar-refractivity contribution in [1.82, 2.24) is 9.78 Å². The van der Waals surface area contributed by atoms with Crippen LogP contribution in [0.15, 0.2) is 6.07 Å². The van der Waals surface area contributed by atoms with E-state index >= 15 is 0 Å². The number of aryl methyl sites for hydroxylation is 2. The zero-order valence-electron chi connectivity index (χ0n) is 10.0. The van der Waals surface area contributed by atoms with Crippen LogP contribution >= 0.6 is 11.8 Å². The Kier molecular flexibility index (Phi) is 3.92. The second-order valence-electron chi connectivity index (χ2n) is 4.37. The molecule has 3 nitrogen and oxygen atoms in total. The van der Waals surface area contributed by atoms with Crippen molar-refractivity contribution in [3.05, 3.63) is 17.5 Å². The molecule has 0 bridgehead atoms. The minimum absolute atomic E-state index is 0.129. The molecule has 90 valence electrons. The minimum atomic E-state index is -0.129. The number of thioether (sulfide) groups is 1. The Labute approximate surface area is 101 Å². The number of hydrogen-bond donors (Lipinski definition) is 1. The predicted molar refractivity (Wildman–Crippen MR) is 67.8 cm³/mol. The molecule has 1 N–H and O–H groups in total. The van der Waals surface area contributed by atoms with E-state index in [1.807, 2.05) is 11.8 Å². The molecule has 0 spiro atoms. The van der Waals surface area contributed by atoms with Crippen LogP contribution in [0.2, 0.25) is 0 Å². The van der Waals surface area contributed by atoms with Gasteiger partial charge in [0, 0.05) is 23.9 Å². The van der Waals surface area contributed by atoms with Crippen molar-refractivity contribution < 1.29 is 5.11 Å². The molecule has 2 atom stereocenters. The van der Waals surface area contributed by atoms with E-state index in [0.717, 1.165) is 36.6 Å². The lowest BCUT2D eigenvalue weighted by Crippen LogP contribution is -2.21. The fraction of sp³-hybridized carbons (Fsp3) is 0.750. The molecule has 0 amide bonds. The Morgan fingerprint density at radius 1 is 1.50 bits per heavy atom. The zero-order chi connectivity index (χ0) is 11.5. The van der Waals surface area contributed by atoms with Crippen molar-refractivity contribution in [2.24, 2.45) is 5.92 Å². The van der Waals surface area contributed by atoms with Gasteiger partial charge in [0.15, 0.2) is 0 Å². The standard InChI is InChI=1S/C12H20N2OS/c1-3-10-6-11(14(4-2)13-10)5-9-7-16-8-12(9)15/h6,9,12,15H,3-5,7-8H2,1-2H3. The Hall–Kier alpha value is -0.480. The van der Waals surface area contributed by atoms with Crippen molar-refractivity contribution in [3.63, 3.8) is 0 Å². The third-order valence-corrected chi connectivity index (χ3v) is 4.45. The van der Waals surface area contributed by atoms with Crippen molar-refractivity contribution in [3.8, 4) is 0 Å². The highest BCUT2D eigenvalue weighted by Gasteiger charge is 2.27. The quantitative estimate of drug-likeness (QED) is 0.871. The van der Waals surface area contributed by atoms with Crippen LogP contribution in [0.4, 0.5) is 0 Å². The molecule has 1 aromatic heterocycles. The Morgan fingerprint density at radius 3 is 2.88 bits per heavy atom. The van der Waals surface area contributed by atoms with Gasteiger partial charge in [-0.05, 0) is 31.6 Å². The lowest BCUT2D eigenvalue weighted by Gasteiger charge is -2.13. The molecule has 0 aromatic carbocycles. The van der Waals surface area contributed by atoms with Gasteiger partial charge in [-0.3, -0.25) is 4.68 Å². The molecule has 2 rings (SSSR count). The van der Waals surface area contributed by atoms with E-state index in [9.17, 15) is 5.11 Å². The summed E-state index contributed by atoms with van der Waals surface area (Å²) in [7, 11) is 0. The van der Waals surface area contributed by atoms with Crippen LogP contribution in [0.5, 0.6) is 0 Å². The van der Waals surface area contributed by atoms with Crippen molar-refractivity contribution in [1.29, 1.82) is 0 Å². The Bertz CT molecular complexity index is 351. The first-order valence-electron chi connectivity index (χ1n) is 6.06. The van der Waals surface area contributed by atoms with Crippen LogP contribution < -0.4 is 0 Å². The molecule has 0 saturated carbocycles. The predicted octanol–water partition coefficient (Wildman–Crippen LogP) is 1.73. The fourth-order valence-electron chi connectivity index (χ4n) is 2.18. The number of aromatic nitrogens is 2. The Balaban J connectivity index is 2.10. The van der Waals surface area contributed by atoms with Crippen LogP contribution in [0.1, 0.15) is 25.2 Å². The largest absolute Gasteiger partial charge is 0.392 e. The maximum atomic E-state index is 9.83. The van der Waals surface area contributed by atoms with Gasteiger partial charge in [-0.1, -0.05) is 6.92 Å². The third kappa shape index (κ3) is 2.43. The minimum Gasteiger partial charge on any atom is -0.392 e. The van der Waals surface area contributed by atoms with Crippen molar-refractivity contribution in [2.45, 2.75) is 39.3 Å². The molecule has 1 aliphatic rings. The highest BCUT2D eigenvalue weighted by Crippen LogP contribution is 2.27. The first-order valence-corrected chi connectivity index (χ1v) is 7.21. The average molecular weight is 240 g/mol. The van der Waals surface area contributed by atoms with Crippen LogP contribution in [0, 0.1) is 5.92 Å². The van der Waals surface area contributed by atoms with Crippen LogP contribution in [-0.2, 0) is 19.4 Å². The van der Waals surface area contributed by atoms with E-state index in [1.54, 1.807) is 0 Å². The molecule has 4 heteroatoms. The molecule has 16 heavy (non-hydrogen) atoms. The highest BCUT2D eigenvalue weighted by molar-refractivity contribution is 7.99. The maximum absolute atomic E-state index is 9.83. The summed E-state index contributed by atoms with van der Waals surface area (Å²) >= 11 is 1.86. The first kappa shape index (κ1) is 12.0. The highest BCUT2D eigenvalue weighted by atomic mass is 32.2. The molecule has 1 aromatic rings. The number of nitrogens with zero attached hydrogens (tertiary/aromatic N) is 2. The van der Waals surface area contributed by atoms with E-state index in [-0.39, 0.29) is 6.10 Å². The van der Waals surface area contributed by atoms with E-state index in [2.05, 4.69) is 29.7 Å². The van der Waals surface area contributed by atoms with Crippen LogP contribution in [-0.4, -0.2) is 32.5 Å². The second kappa shape index (κ2) is 5.23. The lowest BCUT2D eigenvalue weighted by molar-refractivity contribution is 0.148. The molecular weight excluding hydrogens is 220 g/mol. The molecule has 1 saturated heterocycles. The SMILES string of the molecule is CCc1cc(CC2CSCC2O)n(CC)n1. The summed E-state index contributed by atoms with van der Waals surface area (Å²) < 4.78 is 2.08. The van der Waals surface area contributed by atoms with Crippen molar-refractivity contribution in [2.75, 3.05) is 11.5 Å². The number of aliphatic hydroxyl groups is 1. The van der Waals surface area contributed by atoms with Crippen LogP contribution in [0.3, 0.4) is 0 Å². The summed E-state index contributed by atoms with van der Waals surface area (Å²) in [5.41, 5.74) is 2.45. The lowest BCUT2D eigenvalue weighted by atomic mass is 10.00. The van der Waals surface area contributed by atoms with E-state index in [0.29, 0.717) is 5.92 Å². The average Bonchev–Trinajstić information content (AvgIpc) is 2.86. The summed E-state index contributed by atoms with van der Waals surface area (Å²) in [5, 5.41) is 14.4. The van der Waals surface area contributed by atoms with Crippen LogP contribution in [0.25, 0.3) is 0 Å². The van der Waals surface area contributed by atoms with Gasteiger partial charge < -0.3 is 5.11 Å². The molecule has 1 fully saturated rings. The molecule has 1 aliphatic heterocycles. The number of hydrogen-bond acceptors (Lipinski definition) is 3. The maximum Gasteiger partial charge on any atom is 0.0670 e. The normalized spacial score (nSPS) is 25.2. The molecule has 2 unspecified atom stereocenters. The summed E-state index contributed by atoms with van der Waals surface area (Å²) in [6.07, 6.45) is 1.83. The van der Waals surface area contributed by atoms with Gasteiger partial charge in [0.05, 0.1) is 11.8 Å². The fourth-order valence-corrected chi connectivity index (χ4v) is 3.47. The summed E-state index contributed by atoms with van der Waals surface area (Å²) in [6, 6.07) is 2.19. The summed E-state index contributed by atoms with van der Waals surface area (Å²) in [5.74, 6) is 2.39. The molecular formula is C12H20N2OS. The summed E-state index contributed by atoms with van der Waals surface area (Å²) in [6.45, 7) is 5.17. The second-order valence-corrected chi connectivity index (χ2v) is 5.44. The van der Waals surface area contributed by atoms with E-state index < -0.39 is 0 Å². The first-order chi connectivity index (χ1) is 7.74. The smallest absolute Gasteiger partial charge is 0.0670 e. The Morgan fingerprint density at radius 2 is 2.31 bits per heavy atom. The van der Waals surface area contributed by atoms with E-state index in [4.69, 9.17) is 0 Å². The van der Waals surface area contributed by atoms with Gasteiger partial charge in [-0.25, -0.2) is 0 Å². The van der Waals surface area contributed by atoms with Crippen molar-refractivity contribution >= 4 is 11.8 Å². The molecule has 2 heterocycles. The van der Waals surface area contributed by atoms with Gasteiger partial charge in [-0.15, -0.1) is 0 Å². The molecule has 0 radical (unpaired) electrons. The van der Waals surface area contributed by atoms with Gasteiger partial charge in [0.2, 0.25) is 0 Å². The van der Waals surface area contributed by atoms with E-state index in [1.165, 1.54) is 5.69 Å². The monoisotopic (exact) mass is 240 g/mol. The number of rotatable bonds is 4. The van der Waals surface area contributed by atoms with Gasteiger partial charge in [-0.2, -0.15) is 16.9 Å². The number of aliphatic hydroxyl groups excluding tert-OH is 1. The topological polar surface area (TPSA) is 38.0 Å². The van der Waals surface area contributed by atoms with Gasteiger partial charge >= 0.3 is 0 Å². The molecule has 0 aliphatic carbocycles. The third-order valence-electron chi connectivity index (χ3n) is 3.21. The van der Waals surface area contributed by atoms with Gasteiger partial charge in [0.1, 0.15) is 0 Å².